The molecule has 0 saturated carbocycles. The average Bonchev–Trinajstić information content (AvgIpc) is 2.73. The van der Waals surface area contributed by atoms with E-state index in [1.54, 1.807) is 6.92 Å². The summed E-state index contributed by atoms with van der Waals surface area (Å²) in [6.45, 7) is 0.688. The summed E-state index contributed by atoms with van der Waals surface area (Å²) in [7, 11) is 0. The van der Waals surface area contributed by atoms with Gasteiger partial charge in [0.25, 0.3) is 5.91 Å². The molecule has 164 valence electrons. The minimum atomic E-state index is -1.13. The van der Waals surface area contributed by atoms with Crippen molar-refractivity contribution < 1.29 is 37.4 Å². The first-order chi connectivity index (χ1) is 14.8. The number of amides is 3. The third kappa shape index (κ3) is 7.72. The summed E-state index contributed by atoms with van der Waals surface area (Å²) in [5, 5.41) is 6.92. The zero-order valence-electron chi connectivity index (χ0n) is 16.4. The molecule has 0 aliphatic heterocycles. The summed E-state index contributed by atoms with van der Waals surface area (Å²) in [5.41, 5.74) is 0.394. The lowest BCUT2D eigenvalue weighted by Crippen LogP contribution is -2.35. The van der Waals surface area contributed by atoms with E-state index in [-0.39, 0.29) is 17.9 Å². The van der Waals surface area contributed by atoms with Gasteiger partial charge in [-0.25, -0.2) is 18.4 Å². The predicted molar refractivity (Wildman–Crippen MR) is 105 cm³/mol. The van der Waals surface area contributed by atoms with Gasteiger partial charge >= 0.3 is 12.1 Å². The Labute approximate surface area is 175 Å². The summed E-state index contributed by atoms with van der Waals surface area (Å²) in [6.07, 6.45) is -0.686. The number of halogens is 2. The Balaban J connectivity index is 1.77. The summed E-state index contributed by atoms with van der Waals surface area (Å²) < 4.78 is 35.6. The number of ether oxygens (including phenoxy) is 2. The molecule has 9 nitrogen and oxygen atoms in total. The van der Waals surface area contributed by atoms with Crippen LogP contribution in [-0.2, 0) is 19.1 Å². The molecule has 0 aliphatic rings. The Kier molecular flexibility index (Phi) is 8.43. The number of nitrogens with one attached hydrogen (secondary N) is 3. The van der Waals surface area contributed by atoms with Crippen LogP contribution in [0.3, 0.4) is 0 Å². The lowest BCUT2D eigenvalue weighted by molar-refractivity contribution is -0.126. The first-order valence-electron chi connectivity index (χ1n) is 9.01. The molecule has 3 amide bonds. The maximum atomic E-state index is 13.1. The van der Waals surface area contributed by atoms with E-state index in [4.69, 9.17) is 9.47 Å². The number of carbonyl (C=O) groups is 4. The summed E-state index contributed by atoms with van der Waals surface area (Å²) in [6, 6.07) is 8.60. The molecule has 0 saturated heterocycles. The van der Waals surface area contributed by atoms with Gasteiger partial charge in [0.05, 0.1) is 18.7 Å². The molecule has 3 N–H and O–H groups in total. The first kappa shape index (κ1) is 23.3. The smallest absolute Gasteiger partial charge is 0.411 e. The Hall–Kier alpha value is -4.02. The van der Waals surface area contributed by atoms with E-state index in [0.717, 1.165) is 18.2 Å². The molecule has 0 fully saturated rings. The number of benzene rings is 2. The van der Waals surface area contributed by atoms with E-state index in [0.29, 0.717) is 5.69 Å². The van der Waals surface area contributed by atoms with Crippen LogP contribution < -0.4 is 16.0 Å². The van der Waals surface area contributed by atoms with Crippen molar-refractivity contribution in [3.05, 3.63) is 59.7 Å². The molecule has 2 aromatic rings. The van der Waals surface area contributed by atoms with Gasteiger partial charge in [0.15, 0.2) is 18.2 Å². The second-order valence-electron chi connectivity index (χ2n) is 5.96. The number of rotatable bonds is 8. The second-order valence-corrected chi connectivity index (χ2v) is 5.96. The Morgan fingerprint density at radius 1 is 0.871 bits per heavy atom. The lowest BCUT2D eigenvalue weighted by Gasteiger charge is -2.09. The van der Waals surface area contributed by atoms with E-state index in [9.17, 15) is 28.0 Å². The number of hydrogen-bond donors (Lipinski definition) is 3. The summed E-state index contributed by atoms with van der Waals surface area (Å²) in [5.74, 6) is -4.46. The van der Waals surface area contributed by atoms with Crippen LogP contribution in [0.25, 0.3) is 0 Å². The third-order valence-electron chi connectivity index (χ3n) is 3.60. The van der Waals surface area contributed by atoms with Gasteiger partial charge in [-0.3, -0.25) is 14.9 Å². The van der Waals surface area contributed by atoms with E-state index in [1.807, 2.05) is 0 Å². The van der Waals surface area contributed by atoms with Crippen LogP contribution in [0.4, 0.5) is 25.0 Å². The highest BCUT2D eigenvalue weighted by molar-refractivity contribution is 5.96. The molecule has 0 unspecified atom stereocenters. The second kappa shape index (κ2) is 11.2. The molecular formula is C20H19F2N3O6. The molecular weight excluding hydrogens is 416 g/mol. The monoisotopic (exact) mass is 435 g/mol. The van der Waals surface area contributed by atoms with Crippen molar-refractivity contribution in [1.29, 1.82) is 0 Å². The molecule has 0 atom stereocenters. The largest absolute Gasteiger partial charge is 0.452 e. The van der Waals surface area contributed by atoms with E-state index in [2.05, 4.69) is 16.0 Å². The Morgan fingerprint density at radius 3 is 2.32 bits per heavy atom. The number of esters is 1. The molecule has 0 aliphatic carbocycles. The van der Waals surface area contributed by atoms with Gasteiger partial charge in [-0.1, -0.05) is 6.07 Å². The SMILES string of the molecule is CCOC(=O)Nc1cccc(C(=O)OCC(=O)NCC(=O)Nc2ccc(F)c(F)c2)c1. The zero-order chi connectivity index (χ0) is 22.8. The lowest BCUT2D eigenvalue weighted by atomic mass is 10.2. The van der Waals surface area contributed by atoms with Gasteiger partial charge in [-0.15, -0.1) is 0 Å². The van der Waals surface area contributed by atoms with Gasteiger partial charge in [-0.2, -0.15) is 0 Å². The average molecular weight is 435 g/mol. The maximum Gasteiger partial charge on any atom is 0.411 e. The molecule has 0 aromatic heterocycles. The summed E-state index contributed by atoms with van der Waals surface area (Å²) >= 11 is 0. The van der Waals surface area contributed by atoms with Crippen molar-refractivity contribution in [1.82, 2.24) is 5.32 Å². The molecule has 0 heterocycles. The highest BCUT2D eigenvalue weighted by atomic mass is 19.2. The van der Waals surface area contributed by atoms with Crippen LogP contribution in [-0.4, -0.2) is 43.6 Å². The first-order valence-corrected chi connectivity index (χ1v) is 9.01. The van der Waals surface area contributed by atoms with E-state index < -0.39 is 48.7 Å². The highest BCUT2D eigenvalue weighted by Gasteiger charge is 2.13. The number of carbonyl (C=O) groups excluding carboxylic acids is 4. The van der Waals surface area contributed by atoms with Crippen LogP contribution in [0.5, 0.6) is 0 Å². The standard InChI is InChI=1S/C20H19F2N3O6/c1-2-30-20(29)25-13-5-3-4-12(8-13)19(28)31-11-18(27)23-10-17(26)24-14-6-7-15(21)16(22)9-14/h3-9H,2,10-11H2,1H3,(H,23,27)(H,24,26)(H,25,29). The summed E-state index contributed by atoms with van der Waals surface area (Å²) in [4.78, 5) is 47.0. The predicted octanol–water partition coefficient (Wildman–Crippen LogP) is 2.44. The molecule has 2 rings (SSSR count). The van der Waals surface area contributed by atoms with E-state index >= 15 is 0 Å². The molecule has 0 spiro atoms. The number of anilines is 2. The van der Waals surface area contributed by atoms with Gasteiger partial charge < -0.3 is 20.1 Å². The van der Waals surface area contributed by atoms with Gasteiger partial charge in [0.1, 0.15) is 0 Å². The van der Waals surface area contributed by atoms with Crippen molar-refractivity contribution >= 4 is 35.3 Å². The van der Waals surface area contributed by atoms with Crippen LogP contribution in [0.2, 0.25) is 0 Å². The van der Waals surface area contributed by atoms with Gasteiger partial charge in [0.2, 0.25) is 5.91 Å². The molecule has 11 heteroatoms. The Morgan fingerprint density at radius 2 is 1.61 bits per heavy atom. The molecule has 31 heavy (non-hydrogen) atoms. The van der Waals surface area contributed by atoms with Crippen LogP contribution >= 0.6 is 0 Å². The van der Waals surface area contributed by atoms with Crippen LogP contribution in [0.1, 0.15) is 17.3 Å². The molecule has 0 bridgehead atoms. The number of hydrogen-bond acceptors (Lipinski definition) is 6. The minimum Gasteiger partial charge on any atom is -0.452 e. The third-order valence-corrected chi connectivity index (χ3v) is 3.60. The minimum absolute atomic E-state index is 0.0147. The van der Waals surface area contributed by atoms with Crippen molar-refractivity contribution in [3.8, 4) is 0 Å². The van der Waals surface area contributed by atoms with Crippen molar-refractivity contribution in [3.63, 3.8) is 0 Å². The quantitative estimate of drug-likeness (QED) is 0.548. The van der Waals surface area contributed by atoms with Crippen molar-refractivity contribution in [2.24, 2.45) is 0 Å². The maximum absolute atomic E-state index is 13.1. The normalized spacial score (nSPS) is 10.0. The zero-order valence-corrected chi connectivity index (χ0v) is 16.4. The van der Waals surface area contributed by atoms with Crippen molar-refractivity contribution in [2.75, 3.05) is 30.4 Å². The van der Waals surface area contributed by atoms with E-state index in [1.165, 1.54) is 24.3 Å². The topological polar surface area (TPSA) is 123 Å². The Bertz CT molecular complexity index is 983. The fraction of sp³-hybridized carbons (Fsp3) is 0.200. The molecule has 0 radical (unpaired) electrons. The fourth-order valence-corrected chi connectivity index (χ4v) is 2.23. The van der Waals surface area contributed by atoms with Gasteiger partial charge in [-0.05, 0) is 37.3 Å². The highest BCUT2D eigenvalue weighted by Crippen LogP contribution is 2.13. The fourth-order valence-electron chi connectivity index (χ4n) is 2.23. The van der Waals surface area contributed by atoms with Crippen LogP contribution in [0.15, 0.2) is 42.5 Å². The molecule has 2 aromatic carbocycles. The van der Waals surface area contributed by atoms with Crippen LogP contribution in [0, 0.1) is 11.6 Å². The van der Waals surface area contributed by atoms with Gasteiger partial charge in [0, 0.05) is 17.4 Å². The van der Waals surface area contributed by atoms with Crippen molar-refractivity contribution in [2.45, 2.75) is 6.92 Å².